The number of carbonyl (C=O) groups excluding carboxylic acids is 2. The lowest BCUT2D eigenvalue weighted by Crippen LogP contribution is -2.11. The van der Waals surface area contributed by atoms with E-state index in [-0.39, 0.29) is 11.7 Å². The van der Waals surface area contributed by atoms with E-state index in [4.69, 9.17) is 0 Å². The second kappa shape index (κ2) is 24.8. The minimum atomic E-state index is -3.16. The summed E-state index contributed by atoms with van der Waals surface area (Å²) in [6.07, 6.45) is 0.993. The highest BCUT2D eigenvalue weighted by atomic mass is 32.2. The molecule has 0 atom stereocenters. The normalized spacial score (nSPS) is 8.69. The van der Waals surface area contributed by atoms with Crippen molar-refractivity contribution in [2.45, 2.75) is 41.5 Å². The van der Waals surface area contributed by atoms with Gasteiger partial charge in [-0.25, -0.2) is 0 Å². The first kappa shape index (κ1) is 37.3. The molecule has 0 unspecified atom stereocenters. The van der Waals surface area contributed by atoms with Crippen molar-refractivity contribution >= 4 is 21.8 Å². The number of rotatable bonds is 1. The standard InChI is InChI=1S/3C7H8.C3H7NO.C3H6O.C2H6O3S/c3*1-7-5-3-2-4-6-7;1-3(5)4-2;1-3(2)4;1-5-6(2,3)4/h3*2-6H,1H3;1-2H3,(H,4,5);1-2H3;1-2H3. The zero-order valence-electron chi connectivity index (χ0n) is 23.1. The SMILES string of the molecule is CC(C)=O.CNC(C)=O.COS(C)(=O)=O.Cc1ccccc1.Cc1ccccc1.Cc1ccccc1. The van der Waals surface area contributed by atoms with E-state index in [2.05, 4.69) is 66.7 Å². The maximum atomic E-state index is 9.78. The van der Waals surface area contributed by atoms with E-state index in [9.17, 15) is 18.0 Å². The average molecular weight is 518 g/mol. The van der Waals surface area contributed by atoms with Crippen molar-refractivity contribution in [1.29, 1.82) is 0 Å². The van der Waals surface area contributed by atoms with E-state index in [0.29, 0.717) is 0 Å². The van der Waals surface area contributed by atoms with Crippen LogP contribution in [-0.4, -0.2) is 40.5 Å². The first-order chi connectivity index (χ1) is 16.7. The van der Waals surface area contributed by atoms with Crippen LogP contribution < -0.4 is 5.32 Å². The zero-order valence-corrected chi connectivity index (χ0v) is 23.9. The van der Waals surface area contributed by atoms with Gasteiger partial charge in [-0.05, 0) is 34.6 Å². The minimum Gasteiger partial charge on any atom is -0.359 e. The number of Topliss-reactive ketones (excluding diaryl/α,β-unsaturated/α-hetero) is 1. The molecular formula is C29H43NO5S. The number of hydrogen-bond donors (Lipinski definition) is 1. The first-order valence-electron chi connectivity index (χ1n) is 11.2. The Labute approximate surface area is 218 Å². The molecule has 200 valence electrons. The average Bonchev–Trinajstić information content (AvgIpc) is 2.81. The molecule has 0 spiro atoms. The van der Waals surface area contributed by atoms with Crippen LogP contribution in [0.4, 0.5) is 0 Å². The van der Waals surface area contributed by atoms with Crippen LogP contribution in [0.3, 0.4) is 0 Å². The van der Waals surface area contributed by atoms with Crippen molar-refractivity contribution in [2.24, 2.45) is 0 Å². The smallest absolute Gasteiger partial charge is 0.264 e. The molecule has 0 bridgehead atoms. The molecule has 0 aromatic heterocycles. The summed E-state index contributed by atoms with van der Waals surface area (Å²) in [5, 5.41) is 2.39. The predicted molar refractivity (Wildman–Crippen MR) is 151 cm³/mol. The van der Waals surface area contributed by atoms with Gasteiger partial charge in [0.05, 0.1) is 13.4 Å². The van der Waals surface area contributed by atoms with Gasteiger partial charge in [-0.1, -0.05) is 108 Å². The molecule has 1 N–H and O–H groups in total. The second-order valence-corrected chi connectivity index (χ2v) is 9.29. The summed E-state index contributed by atoms with van der Waals surface area (Å²) in [6.45, 7) is 10.8. The third-order valence-electron chi connectivity index (χ3n) is 3.48. The number of ketones is 1. The zero-order chi connectivity index (χ0) is 28.4. The largest absolute Gasteiger partial charge is 0.359 e. The molecule has 36 heavy (non-hydrogen) atoms. The van der Waals surface area contributed by atoms with Gasteiger partial charge in [0, 0.05) is 14.0 Å². The van der Waals surface area contributed by atoms with E-state index in [1.807, 2.05) is 54.6 Å². The molecule has 3 aromatic rings. The van der Waals surface area contributed by atoms with Crippen molar-refractivity contribution in [3.63, 3.8) is 0 Å². The number of hydrogen-bond acceptors (Lipinski definition) is 5. The summed E-state index contributed by atoms with van der Waals surface area (Å²) in [6, 6.07) is 30.8. The number of amides is 1. The summed E-state index contributed by atoms with van der Waals surface area (Å²) in [5.41, 5.74) is 3.97. The van der Waals surface area contributed by atoms with Crippen molar-refractivity contribution in [3.05, 3.63) is 108 Å². The Kier molecular flexibility index (Phi) is 25.7. The third kappa shape index (κ3) is 41.0. The number of nitrogens with one attached hydrogen (secondary N) is 1. The van der Waals surface area contributed by atoms with E-state index in [1.165, 1.54) is 37.5 Å². The topological polar surface area (TPSA) is 89.5 Å². The lowest BCUT2D eigenvalue weighted by Gasteiger charge is -1.84. The number of carbonyl (C=O) groups is 2. The van der Waals surface area contributed by atoms with Gasteiger partial charge in [0.2, 0.25) is 5.91 Å². The molecule has 0 heterocycles. The fraction of sp³-hybridized carbons (Fsp3) is 0.310. The molecule has 0 fully saturated rings. The van der Waals surface area contributed by atoms with Crippen LogP contribution in [0, 0.1) is 20.8 Å². The molecule has 0 saturated heterocycles. The van der Waals surface area contributed by atoms with Gasteiger partial charge in [0.1, 0.15) is 5.78 Å². The van der Waals surface area contributed by atoms with E-state index < -0.39 is 10.1 Å². The van der Waals surface area contributed by atoms with Gasteiger partial charge in [0.15, 0.2) is 0 Å². The molecule has 0 aliphatic heterocycles. The Balaban J connectivity index is -0.000000367. The summed E-state index contributed by atoms with van der Waals surface area (Å²) >= 11 is 0. The highest BCUT2D eigenvalue weighted by Crippen LogP contribution is 1.93. The van der Waals surface area contributed by atoms with Crippen LogP contribution in [0.25, 0.3) is 0 Å². The van der Waals surface area contributed by atoms with Crippen LogP contribution in [0.2, 0.25) is 0 Å². The fourth-order valence-electron chi connectivity index (χ4n) is 1.60. The molecule has 0 aliphatic rings. The summed E-state index contributed by atoms with van der Waals surface area (Å²) in [4.78, 5) is 19.1. The van der Waals surface area contributed by atoms with E-state index in [0.717, 1.165) is 13.4 Å². The molecule has 0 radical (unpaired) electrons. The lowest BCUT2D eigenvalue weighted by atomic mass is 10.2. The molecule has 3 aromatic carbocycles. The van der Waals surface area contributed by atoms with Crippen LogP contribution >= 0.6 is 0 Å². The Hall–Kier alpha value is -3.29. The van der Waals surface area contributed by atoms with Gasteiger partial charge in [0.25, 0.3) is 10.1 Å². The minimum absolute atomic E-state index is 0.00463. The summed E-state index contributed by atoms with van der Waals surface area (Å²) < 4.78 is 23.5. The van der Waals surface area contributed by atoms with Crippen molar-refractivity contribution in [1.82, 2.24) is 5.32 Å². The molecular weight excluding hydrogens is 474 g/mol. The van der Waals surface area contributed by atoms with Crippen LogP contribution in [-0.2, 0) is 23.9 Å². The van der Waals surface area contributed by atoms with E-state index in [1.54, 1.807) is 7.05 Å². The lowest BCUT2D eigenvalue weighted by molar-refractivity contribution is -0.118. The van der Waals surface area contributed by atoms with Gasteiger partial charge in [-0.2, -0.15) is 8.42 Å². The molecule has 3 rings (SSSR count). The molecule has 7 heteroatoms. The third-order valence-corrected chi connectivity index (χ3v) is 4.08. The fourth-order valence-corrected chi connectivity index (χ4v) is 1.60. The Morgan fingerprint density at radius 1 is 0.639 bits per heavy atom. The Morgan fingerprint density at radius 3 is 0.861 bits per heavy atom. The maximum Gasteiger partial charge on any atom is 0.264 e. The molecule has 1 amide bonds. The van der Waals surface area contributed by atoms with Gasteiger partial charge in [-0.15, -0.1) is 0 Å². The predicted octanol–water partition coefficient (Wildman–Crippen LogP) is 5.93. The Bertz CT molecular complexity index is 914. The maximum absolute atomic E-state index is 9.78. The van der Waals surface area contributed by atoms with Crippen LogP contribution in [0.5, 0.6) is 0 Å². The second-order valence-electron chi connectivity index (χ2n) is 7.55. The number of aryl methyl sites for hydroxylation is 3. The van der Waals surface area contributed by atoms with Crippen molar-refractivity contribution in [3.8, 4) is 0 Å². The van der Waals surface area contributed by atoms with Gasteiger partial charge < -0.3 is 10.1 Å². The first-order valence-corrected chi connectivity index (χ1v) is 13.0. The summed E-state index contributed by atoms with van der Waals surface area (Å²) in [5.74, 6) is 0.171. The van der Waals surface area contributed by atoms with Gasteiger partial charge >= 0.3 is 0 Å². The van der Waals surface area contributed by atoms with Crippen LogP contribution in [0.15, 0.2) is 91.0 Å². The van der Waals surface area contributed by atoms with Crippen molar-refractivity contribution in [2.75, 3.05) is 20.4 Å². The molecule has 0 aliphatic carbocycles. The van der Waals surface area contributed by atoms with Crippen molar-refractivity contribution < 1.29 is 22.2 Å². The molecule has 0 saturated carbocycles. The molecule has 6 nitrogen and oxygen atoms in total. The summed E-state index contributed by atoms with van der Waals surface area (Å²) in [7, 11) is -0.442. The Morgan fingerprint density at radius 2 is 0.806 bits per heavy atom. The van der Waals surface area contributed by atoms with E-state index >= 15 is 0 Å². The monoisotopic (exact) mass is 517 g/mol. The highest BCUT2D eigenvalue weighted by molar-refractivity contribution is 7.85. The highest BCUT2D eigenvalue weighted by Gasteiger charge is 1.90. The number of benzene rings is 3. The van der Waals surface area contributed by atoms with Crippen LogP contribution in [0.1, 0.15) is 37.5 Å². The quantitative estimate of drug-likeness (QED) is 0.404. The van der Waals surface area contributed by atoms with Gasteiger partial charge in [-0.3, -0.25) is 8.98 Å².